The van der Waals surface area contributed by atoms with Gasteiger partial charge in [-0.25, -0.2) is 0 Å². The summed E-state index contributed by atoms with van der Waals surface area (Å²) in [5.41, 5.74) is 18.8. The van der Waals surface area contributed by atoms with Crippen molar-refractivity contribution >= 4 is 99.4 Å². The number of hydrogen-bond acceptors (Lipinski definition) is 4. The summed E-state index contributed by atoms with van der Waals surface area (Å²) in [4.78, 5) is 4.78. The molecule has 0 aliphatic heterocycles. The molecule has 0 saturated carbocycles. The maximum Gasteiger partial charge on any atom is 0.135 e. The molecule has 0 radical (unpaired) electrons. The third-order valence-electron chi connectivity index (χ3n) is 16.7. The van der Waals surface area contributed by atoms with E-state index in [0.717, 1.165) is 111 Å². The van der Waals surface area contributed by atoms with E-state index in [1.807, 2.05) is 24.3 Å². The molecule has 1 aliphatic carbocycles. The molecule has 80 heavy (non-hydrogen) atoms. The molecule has 15 aromatic rings. The van der Waals surface area contributed by atoms with Crippen LogP contribution in [-0.2, 0) is 5.41 Å². The second-order valence-corrected chi connectivity index (χ2v) is 21.8. The van der Waals surface area contributed by atoms with Crippen LogP contribution in [0.1, 0.15) is 25.0 Å². The maximum atomic E-state index is 6.28. The molecule has 0 N–H and O–H groups in total. The van der Waals surface area contributed by atoms with Gasteiger partial charge in [-0.05, 0) is 177 Å². The van der Waals surface area contributed by atoms with Gasteiger partial charge >= 0.3 is 0 Å². The Bertz CT molecular complexity index is 4870. The zero-order valence-electron chi connectivity index (χ0n) is 44.1. The highest BCUT2D eigenvalue weighted by Crippen LogP contribution is 2.53. The van der Waals surface area contributed by atoms with Crippen LogP contribution in [0.15, 0.2) is 282 Å². The van der Waals surface area contributed by atoms with E-state index in [1.54, 1.807) is 0 Å². The second kappa shape index (κ2) is 17.8. The smallest absolute Gasteiger partial charge is 0.135 e. The van der Waals surface area contributed by atoms with Crippen molar-refractivity contribution in [2.24, 2.45) is 0 Å². The van der Waals surface area contributed by atoms with Gasteiger partial charge < -0.3 is 23.2 Å². The molecule has 0 unspecified atom stereocenters. The number of para-hydroxylation sites is 5. The van der Waals surface area contributed by atoms with Crippen molar-refractivity contribution in [3.63, 3.8) is 0 Å². The Hall–Kier alpha value is -10.4. The topological polar surface area (TPSA) is 37.7 Å². The zero-order valence-corrected chi connectivity index (χ0v) is 44.1. The first kappa shape index (κ1) is 45.8. The van der Waals surface area contributed by atoms with E-state index in [0.29, 0.717) is 0 Å². The van der Waals surface area contributed by atoms with Gasteiger partial charge in [-0.3, -0.25) is 0 Å². The minimum atomic E-state index is -0.290. The summed E-state index contributed by atoms with van der Waals surface area (Å²) in [6.45, 7) is 4.79. The van der Waals surface area contributed by atoms with E-state index >= 15 is 0 Å². The lowest BCUT2D eigenvalue weighted by Gasteiger charge is -2.28. The van der Waals surface area contributed by atoms with Crippen LogP contribution in [0.2, 0.25) is 0 Å². The normalized spacial score (nSPS) is 12.7. The van der Waals surface area contributed by atoms with E-state index in [9.17, 15) is 0 Å². The number of anilines is 6. The van der Waals surface area contributed by atoms with Gasteiger partial charge in [-0.2, -0.15) is 0 Å². The molecule has 5 heteroatoms. The highest BCUT2D eigenvalue weighted by atomic mass is 16.3. The zero-order chi connectivity index (χ0) is 53.1. The Morgan fingerprint density at radius 3 is 1.34 bits per heavy atom. The fourth-order valence-electron chi connectivity index (χ4n) is 12.7. The number of rotatable bonds is 9. The number of nitrogens with zero attached hydrogens (tertiary/aromatic N) is 3. The SMILES string of the molecule is CC1(C)c2cc(N(c3ccccc3)c3ccc4cc(-c5cc6ccccc6o5)ccc4c3)ccc2-c2cc3c(cc21)c1ccc(N(c2ccccc2)c2ccc4cc(-c5cc6ccccc6o5)ccc4c2)cc1n3-c1ccccc1. The molecule has 3 aromatic heterocycles. The van der Waals surface area contributed by atoms with Crippen LogP contribution in [0.3, 0.4) is 0 Å². The van der Waals surface area contributed by atoms with Crippen molar-refractivity contribution in [2.45, 2.75) is 19.3 Å². The average molecular weight is 1030 g/mol. The minimum Gasteiger partial charge on any atom is -0.456 e. The van der Waals surface area contributed by atoms with Gasteiger partial charge in [0.05, 0.1) is 11.0 Å². The van der Waals surface area contributed by atoms with E-state index < -0.39 is 0 Å². The number of hydrogen-bond donors (Lipinski definition) is 0. The van der Waals surface area contributed by atoms with Crippen LogP contribution in [-0.4, -0.2) is 4.57 Å². The van der Waals surface area contributed by atoms with Crippen molar-refractivity contribution < 1.29 is 8.83 Å². The van der Waals surface area contributed by atoms with Crippen LogP contribution >= 0.6 is 0 Å². The monoisotopic (exact) mass is 1030 g/mol. The Kier molecular flexibility index (Phi) is 10.2. The molecule has 16 rings (SSSR count). The number of aromatic nitrogens is 1. The second-order valence-electron chi connectivity index (χ2n) is 21.8. The van der Waals surface area contributed by atoms with Crippen LogP contribution < -0.4 is 9.80 Å². The van der Waals surface area contributed by atoms with Crippen molar-refractivity contribution in [1.29, 1.82) is 0 Å². The first-order chi connectivity index (χ1) is 39.4. The van der Waals surface area contributed by atoms with Crippen molar-refractivity contribution in [2.75, 3.05) is 9.80 Å². The fourth-order valence-corrected chi connectivity index (χ4v) is 12.7. The summed E-state index contributed by atoms with van der Waals surface area (Å²) in [6.07, 6.45) is 0. The molecule has 5 nitrogen and oxygen atoms in total. The third kappa shape index (κ3) is 7.39. The molecule has 0 saturated heterocycles. The first-order valence-corrected chi connectivity index (χ1v) is 27.5. The molecule has 0 spiro atoms. The van der Waals surface area contributed by atoms with Crippen molar-refractivity contribution in [3.8, 4) is 39.5 Å². The molecule has 0 amide bonds. The van der Waals surface area contributed by atoms with E-state index in [2.05, 4.69) is 277 Å². The van der Waals surface area contributed by atoms with Crippen LogP contribution in [0.4, 0.5) is 34.1 Å². The van der Waals surface area contributed by atoms with Gasteiger partial charge in [0, 0.05) is 77.9 Å². The molecular formula is C75H51N3O2. The van der Waals surface area contributed by atoms with Gasteiger partial charge in [0.1, 0.15) is 22.7 Å². The highest BCUT2D eigenvalue weighted by Gasteiger charge is 2.37. The summed E-state index contributed by atoms with van der Waals surface area (Å²) < 4.78 is 15.0. The molecule has 1 aliphatic rings. The maximum absolute atomic E-state index is 6.28. The number of furan rings is 2. The van der Waals surface area contributed by atoms with E-state index in [1.165, 1.54) is 38.5 Å². The Morgan fingerprint density at radius 1 is 0.312 bits per heavy atom. The van der Waals surface area contributed by atoms with E-state index in [4.69, 9.17) is 8.83 Å². The third-order valence-corrected chi connectivity index (χ3v) is 16.7. The summed E-state index contributed by atoms with van der Waals surface area (Å²) in [5, 5.41) is 9.29. The standard InChI is InChI=1S/C75H51N3O2/c1-75(2)67-44-61(76(56-18-6-3-7-19-56)59-32-30-48-38-54(28-26-50(48)40-59)73-42-52-16-12-14-24-71(52)79-73)34-36-63(67)65-47-70-66(46-68(65)75)64-37-35-62(45-69(64)78(70)58-22-10-5-11-23-58)77(57-20-8-4-9-21-57)60-33-31-49-39-55(29-27-51(49)41-60)74-43-53-17-13-15-25-72(53)80-74/h3-47H,1-2H3. The quantitative estimate of drug-likeness (QED) is 0.144. The highest BCUT2D eigenvalue weighted by molar-refractivity contribution is 6.13. The molecule has 3 heterocycles. The van der Waals surface area contributed by atoms with Crippen LogP contribution in [0.25, 0.3) is 105 Å². The fraction of sp³-hybridized carbons (Fsp3) is 0.0400. The molecule has 0 atom stereocenters. The lowest BCUT2D eigenvalue weighted by Crippen LogP contribution is -2.16. The molecule has 0 bridgehead atoms. The van der Waals surface area contributed by atoms with Gasteiger partial charge in [-0.1, -0.05) is 153 Å². The Morgan fingerprint density at radius 2 is 0.762 bits per heavy atom. The molecular weight excluding hydrogens is 975 g/mol. The van der Waals surface area contributed by atoms with Crippen molar-refractivity contribution in [1.82, 2.24) is 4.57 Å². The molecule has 12 aromatic carbocycles. The average Bonchev–Trinajstić information content (AvgIpc) is 4.40. The van der Waals surface area contributed by atoms with Crippen LogP contribution in [0, 0.1) is 0 Å². The van der Waals surface area contributed by atoms with Gasteiger partial charge in [0.15, 0.2) is 0 Å². The Labute approximate surface area is 463 Å². The summed E-state index contributed by atoms with van der Waals surface area (Å²) in [5.74, 6) is 1.75. The van der Waals surface area contributed by atoms with Crippen LogP contribution in [0.5, 0.6) is 0 Å². The van der Waals surface area contributed by atoms with Gasteiger partial charge in [-0.15, -0.1) is 0 Å². The van der Waals surface area contributed by atoms with Gasteiger partial charge in [0.2, 0.25) is 0 Å². The number of benzene rings is 12. The van der Waals surface area contributed by atoms with Gasteiger partial charge in [0.25, 0.3) is 0 Å². The summed E-state index contributed by atoms with van der Waals surface area (Å²) in [6, 6.07) is 98.8. The summed E-state index contributed by atoms with van der Waals surface area (Å²) in [7, 11) is 0. The van der Waals surface area contributed by atoms with E-state index in [-0.39, 0.29) is 5.41 Å². The predicted molar refractivity (Wildman–Crippen MR) is 333 cm³/mol. The first-order valence-electron chi connectivity index (χ1n) is 27.5. The van der Waals surface area contributed by atoms with Crippen molar-refractivity contribution in [3.05, 3.63) is 284 Å². The lowest BCUT2D eigenvalue weighted by molar-refractivity contribution is 0.631. The minimum absolute atomic E-state index is 0.290. The Balaban J connectivity index is 0.797. The number of fused-ring (bicyclic) bond motifs is 10. The summed E-state index contributed by atoms with van der Waals surface area (Å²) >= 11 is 0. The predicted octanol–water partition coefficient (Wildman–Crippen LogP) is 21.2. The molecule has 378 valence electrons. The molecule has 0 fully saturated rings. The lowest BCUT2D eigenvalue weighted by atomic mass is 9.82. The largest absolute Gasteiger partial charge is 0.456 e.